The molecular weight excluding hydrogens is 226 g/mol. The maximum Gasteiger partial charge on any atom is 0.332 e. The lowest BCUT2D eigenvalue weighted by Gasteiger charge is -2.16. The molecule has 0 spiro atoms. The van der Waals surface area contributed by atoms with E-state index in [0.717, 1.165) is 0 Å². The third kappa shape index (κ3) is 4.28. The summed E-state index contributed by atoms with van der Waals surface area (Å²) in [6.45, 7) is 1.45. The molecule has 1 atom stereocenters. The number of likely N-dealkylation sites (N-methyl/N-ethyl adjacent to an activating group) is 1. The first-order valence-corrected chi connectivity index (χ1v) is 5.11. The highest BCUT2D eigenvalue weighted by molar-refractivity contribution is 5.78. The van der Waals surface area contributed by atoms with Crippen LogP contribution in [-0.4, -0.2) is 41.6 Å². The second kappa shape index (κ2) is 6.05. The van der Waals surface area contributed by atoms with Gasteiger partial charge in [-0.2, -0.15) is 0 Å². The summed E-state index contributed by atoms with van der Waals surface area (Å²) in [6.07, 6.45) is 0.535. The monoisotopic (exact) mass is 241 g/mol. The zero-order valence-corrected chi connectivity index (χ0v) is 9.75. The number of hydrogen-bond acceptors (Lipinski definition) is 4. The van der Waals surface area contributed by atoms with Gasteiger partial charge in [0, 0.05) is 7.05 Å². The summed E-state index contributed by atoms with van der Waals surface area (Å²) in [5.74, 6) is -0.729. The maximum atomic E-state index is 11.6. The summed E-state index contributed by atoms with van der Waals surface area (Å²) in [6, 6.07) is 3.49. The summed E-state index contributed by atoms with van der Waals surface area (Å²) in [5, 5.41) is 8.58. The zero-order valence-electron chi connectivity index (χ0n) is 9.75. The Hall–Kier alpha value is -1.82. The van der Waals surface area contributed by atoms with Gasteiger partial charge in [-0.25, -0.2) is 4.79 Å². The zero-order chi connectivity index (χ0) is 12.8. The second-order valence-corrected chi connectivity index (χ2v) is 3.62. The smallest absolute Gasteiger partial charge is 0.332 e. The average Bonchev–Trinajstić information content (AvgIpc) is 2.77. The van der Waals surface area contributed by atoms with Crippen molar-refractivity contribution in [2.24, 2.45) is 0 Å². The van der Waals surface area contributed by atoms with E-state index in [-0.39, 0.29) is 12.5 Å². The molecule has 0 unspecified atom stereocenters. The Morgan fingerprint density at radius 2 is 2.29 bits per heavy atom. The lowest BCUT2D eigenvalue weighted by molar-refractivity contribution is -0.152. The standard InChI is InChI=1S/C11H15NO5/c1-8(11(14)15)17-7-10(13)12(2)6-9-4-3-5-16-9/h3-5,8H,6-7H2,1-2H3,(H,14,15)/t8-/m0/s1. The highest BCUT2D eigenvalue weighted by atomic mass is 16.5. The molecule has 0 aliphatic rings. The van der Waals surface area contributed by atoms with E-state index in [1.54, 1.807) is 19.2 Å². The Morgan fingerprint density at radius 3 is 2.82 bits per heavy atom. The number of rotatable bonds is 6. The van der Waals surface area contributed by atoms with Gasteiger partial charge in [0.2, 0.25) is 5.91 Å². The molecule has 6 nitrogen and oxygen atoms in total. The van der Waals surface area contributed by atoms with Crippen LogP contribution in [0, 0.1) is 0 Å². The molecule has 0 aliphatic carbocycles. The molecule has 1 N–H and O–H groups in total. The minimum absolute atomic E-state index is 0.259. The van der Waals surface area contributed by atoms with E-state index in [1.165, 1.54) is 18.1 Å². The fourth-order valence-electron chi connectivity index (χ4n) is 1.10. The van der Waals surface area contributed by atoms with Crippen LogP contribution in [0.25, 0.3) is 0 Å². The van der Waals surface area contributed by atoms with Crippen molar-refractivity contribution in [1.29, 1.82) is 0 Å². The van der Waals surface area contributed by atoms with E-state index < -0.39 is 12.1 Å². The molecule has 1 aromatic heterocycles. The molecule has 1 aromatic rings. The van der Waals surface area contributed by atoms with Crippen LogP contribution in [0.15, 0.2) is 22.8 Å². The lowest BCUT2D eigenvalue weighted by atomic mass is 10.4. The van der Waals surface area contributed by atoms with Gasteiger partial charge in [0.15, 0.2) is 6.10 Å². The molecule has 6 heteroatoms. The van der Waals surface area contributed by atoms with E-state index in [4.69, 9.17) is 14.3 Å². The largest absolute Gasteiger partial charge is 0.479 e. The normalized spacial score (nSPS) is 12.1. The van der Waals surface area contributed by atoms with E-state index in [0.29, 0.717) is 12.3 Å². The van der Waals surface area contributed by atoms with E-state index >= 15 is 0 Å². The van der Waals surface area contributed by atoms with Gasteiger partial charge in [-0.05, 0) is 19.1 Å². The molecule has 0 fully saturated rings. The lowest BCUT2D eigenvalue weighted by Crippen LogP contribution is -2.32. The van der Waals surface area contributed by atoms with Crippen LogP contribution in [0.4, 0.5) is 0 Å². The molecular formula is C11H15NO5. The Kier molecular flexibility index (Phi) is 4.71. The van der Waals surface area contributed by atoms with Crippen LogP contribution in [0.5, 0.6) is 0 Å². The molecule has 0 aromatic carbocycles. The Bertz CT molecular complexity index is 373. The van der Waals surface area contributed by atoms with Crippen molar-refractivity contribution in [2.45, 2.75) is 19.6 Å². The molecule has 0 aliphatic heterocycles. The highest BCUT2D eigenvalue weighted by Gasteiger charge is 2.16. The van der Waals surface area contributed by atoms with Gasteiger partial charge in [0.05, 0.1) is 12.8 Å². The van der Waals surface area contributed by atoms with Crippen LogP contribution >= 0.6 is 0 Å². The number of ether oxygens (including phenoxy) is 1. The van der Waals surface area contributed by atoms with E-state index in [2.05, 4.69) is 0 Å². The molecule has 0 saturated carbocycles. The molecule has 0 saturated heterocycles. The quantitative estimate of drug-likeness (QED) is 0.794. The van der Waals surface area contributed by atoms with Crippen LogP contribution in [0.2, 0.25) is 0 Å². The Balaban J connectivity index is 2.34. The molecule has 1 heterocycles. The number of furan rings is 1. The van der Waals surface area contributed by atoms with Crippen molar-refractivity contribution < 1.29 is 23.8 Å². The van der Waals surface area contributed by atoms with Crippen LogP contribution in [-0.2, 0) is 20.9 Å². The number of hydrogen-bond donors (Lipinski definition) is 1. The minimum Gasteiger partial charge on any atom is -0.479 e. The van der Waals surface area contributed by atoms with Gasteiger partial charge in [0.25, 0.3) is 0 Å². The molecule has 1 rings (SSSR count). The van der Waals surface area contributed by atoms with Crippen LogP contribution in [0.3, 0.4) is 0 Å². The number of carbonyl (C=O) groups excluding carboxylic acids is 1. The topological polar surface area (TPSA) is 80.0 Å². The van der Waals surface area contributed by atoms with Crippen molar-refractivity contribution in [3.8, 4) is 0 Å². The summed E-state index contributed by atoms with van der Waals surface area (Å²) in [5.41, 5.74) is 0. The molecule has 17 heavy (non-hydrogen) atoms. The molecule has 1 amide bonds. The SMILES string of the molecule is C[C@H](OCC(=O)N(C)Cc1ccco1)C(=O)O. The number of aliphatic carboxylic acids is 1. The third-order valence-corrected chi connectivity index (χ3v) is 2.20. The first kappa shape index (κ1) is 13.2. The van der Waals surface area contributed by atoms with E-state index in [9.17, 15) is 9.59 Å². The summed E-state index contributed by atoms with van der Waals surface area (Å²) in [4.78, 5) is 23.4. The van der Waals surface area contributed by atoms with Gasteiger partial charge in [-0.15, -0.1) is 0 Å². The van der Waals surface area contributed by atoms with Gasteiger partial charge < -0.3 is 19.2 Å². The van der Waals surface area contributed by atoms with Crippen molar-refractivity contribution in [2.75, 3.05) is 13.7 Å². The number of amides is 1. The number of carboxylic acid groups (broad SMARTS) is 1. The Morgan fingerprint density at radius 1 is 1.59 bits per heavy atom. The summed E-state index contributed by atoms with van der Waals surface area (Å²) in [7, 11) is 1.60. The molecule has 94 valence electrons. The average molecular weight is 241 g/mol. The van der Waals surface area contributed by atoms with Crippen molar-refractivity contribution in [3.05, 3.63) is 24.2 Å². The molecule has 0 radical (unpaired) electrons. The van der Waals surface area contributed by atoms with Gasteiger partial charge in [-0.3, -0.25) is 4.79 Å². The van der Waals surface area contributed by atoms with Crippen LogP contribution in [0.1, 0.15) is 12.7 Å². The first-order chi connectivity index (χ1) is 8.00. The van der Waals surface area contributed by atoms with Crippen molar-refractivity contribution >= 4 is 11.9 Å². The Labute approximate surface area is 98.8 Å². The fraction of sp³-hybridized carbons (Fsp3) is 0.455. The number of nitrogens with zero attached hydrogens (tertiary/aromatic N) is 1. The first-order valence-electron chi connectivity index (χ1n) is 5.11. The fourth-order valence-corrected chi connectivity index (χ4v) is 1.10. The van der Waals surface area contributed by atoms with Crippen LogP contribution < -0.4 is 0 Å². The summed E-state index contributed by atoms with van der Waals surface area (Å²) < 4.78 is 9.97. The minimum atomic E-state index is -1.09. The van der Waals surface area contributed by atoms with Crippen molar-refractivity contribution in [1.82, 2.24) is 4.90 Å². The van der Waals surface area contributed by atoms with Gasteiger partial charge in [-0.1, -0.05) is 0 Å². The summed E-state index contributed by atoms with van der Waals surface area (Å²) >= 11 is 0. The predicted molar refractivity (Wildman–Crippen MR) is 58.2 cm³/mol. The second-order valence-electron chi connectivity index (χ2n) is 3.62. The number of carbonyl (C=O) groups is 2. The predicted octanol–water partition coefficient (Wildman–Crippen LogP) is 0.728. The van der Waals surface area contributed by atoms with E-state index in [1.807, 2.05) is 0 Å². The number of carboxylic acids is 1. The highest BCUT2D eigenvalue weighted by Crippen LogP contribution is 2.04. The molecule has 0 bridgehead atoms. The third-order valence-electron chi connectivity index (χ3n) is 2.20. The van der Waals surface area contributed by atoms with Crippen molar-refractivity contribution in [3.63, 3.8) is 0 Å². The maximum absolute atomic E-state index is 11.6. The van der Waals surface area contributed by atoms with Gasteiger partial charge in [0.1, 0.15) is 12.4 Å². The van der Waals surface area contributed by atoms with Gasteiger partial charge >= 0.3 is 5.97 Å².